The van der Waals surface area contributed by atoms with Crippen molar-refractivity contribution in [2.45, 2.75) is 70.9 Å². The molecule has 2 aromatic carbocycles. The molecule has 0 bridgehead atoms. The first-order valence-corrected chi connectivity index (χ1v) is 18.0. The van der Waals surface area contributed by atoms with Crippen molar-refractivity contribution in [2.75, 3.05) is 37.9 Å². The van der Waals surface area contributed by atoms with Crippen LogP contribution in [0.1, 0.15) is 72.9 Å². The summed E-state index contributed by atoms with van der Waals surface area (Å²) in [7, 11) is -1.67. The van der Waals surface area contributed by atoms with Crippen molar-refractivity contribution in [3.8, 4) is 11.1 Å². The number of sulfonamides is 1. The van der Waals surface area contributed by atoms with E-state index < -0.39 is 27.9 Å². The number of thioether (sulfide) groups is 1. The Morgan fingerprint density at radius 1 is 1.10 bits per heavy atom. The molecule has 1 unspecified atom stereocenters. The summed E-state index contributed by atoms with van der Waals surface area (Å²) in [4.78, 5) is 25.3. The fourth-order valence-corrected chi connectivity index (χ4v) is 7.57. The lowest BCUT2D eigenvalue weighted by Crippen LogP contribution is -2.41. The Bertz CT molecular complexity index is 1280. The highest BCUT2D eigenvalue weighted by atomic mass is 32.2. The van der Waals surface area contributed by atoms with Crippen molar-refractivity contribution in [1.29, 1.82) is 0 Å². The number of aliphatic carboxylic acids is 1. The molecule has 3 N–H and O–H groups in total. The quantitative estimate of drug-likeness (QED) is 0.206. The predicted octanol–water partition coefficient (Wildman–Crippen LogP) is 5.31. The van der Waals surface area contributed by atoms with Crippen molar-refractivity contribution < 1.29 is 23.1 Å². The van der Waals surface area contributed by atoms with Crippen LogP contribution in [0.2, 0.25) is 0 Å². The third kappa shape index (κ3) is 10.1. The number of carbonyl (C=O) groups is 2. The van der Waals surface area contributed by atoms with Crippen molar-refractivity contribution in [2.24, 2.45) is 5.92 Å². The van der Waals surface area contributed by atoms with Crippen LogP contribution in [0.5, 0.6) is 0 Å². The molecule has 2 aromatic rings. The molecule has 1 aliphatic carbocycles. The van der Waals surface area contributed by atoms with Gasteiger partial charge in [-0.15, -0.1) is 0 Å². The highest BCUT2D eigenvalue weighted by Crippen LogP contribution is 2.30. The van der Waals surface area contributed by atoms with Crippen LogP contribution in [0.3, 0.4) is 0 Å². The van der Waals surface area contributed by atoms with Crippen molar-refractivity contribution in [3.63, 3.8) is 0 Å². The maximum atomic E-state index is 13.5. The number of rotatable bonds is 17. The lowest BCUT2D eigenvalue weighted by atomic mass is 9.87. The second-order valence-electron chi connectivity index (χ2n) is 11.2. The van der Waals surface area contributed by atoms with E-state index in [4.69, 9.17) is 0 Å². The molecule has 1 aliphatic rings. The minimum absolute atomic E-state index is 0.0796. The van der Waals surface area contributed by atoms with Gasteiger partial charge in [-0.1, -0.05) is 62.4 Å². The summed E-state index contributed by atoms with van der Waals surface area (Å²) in [5, 5.41) is 15.4. The maximum Gasteiger partial charge on any atom is 0.326 e. The van der Waals surface area contributed by atoms with Gasteiger partial charge >= 0.3 is 5.97 Å². The average molecular weight is 618 g/mol. The topological polar surface area (TPSA) is 116 Å². The second kappa shape index (κ2) is 17.0. The van der Waals surface area contributed by atoms with Crippen LogP contribution in [0.25, 0.3) is 11.1 Å². The van der Waals surface area contributed by atoms with E-state index in [2.05, 4.69) is 10.6 Å². The summed E-state index contributed by atoms with van der Waals surface area (Å²) < 4.78 is 28.7. The number of carbonyl (C=O) groups excluding carboxylic acids is 1. The Balaban J connectivity index is 1.94. The van der Waals surface area contributed by atoms with Gasteiger partial charge in [0.05, 0.1) is 5.75 Å². The standard InChI is InChI=1S/C32H47N3O5S2/c1-24-10-7-8-13-27(24)29-22-26(14-15-28(29)31(36)34-30(32(37)38)17-20-41-3)23-35(42(39,40)21-9-18-33-2)19-16-25-11-5-4-6-12-25/h7-8,10,13-15,22,25,30,33H,4-6,9,11-12,16-21,23H2,1-3H3,(H,34,36)(H,37,38). The van der Waals surface area contributed by atoms with Crippen LogP contribution >= 0.6 is 11.8 Å². The zero-order chi connectivity index (χ0) is 30.5. The Hall–Kier alpha value is -2.40. The number of hydrogen-bond donors (Lipinski definition) is 3. The number of carboxylic acids is 1. The predicted molar refractivity (Wildman–Crippen MR) is 172 cm³/mol. The lowest BCUT2D eigenvalue weighted by Gasteiger charge is -2.27. The van der Waals surface area contributed by atoms with Crippen LogP contribution in [0, 0.1) is 12.8 Å². The number of carboxylic acid groups (broad SMARTS) is 1. The minimum atomic E-state index is -3.49. The summed E-state index contributed by atoms with van der Waals surface area (Å²) in [6.45, 7) is 3.29. The lowest BCUT2D eigenvalue weighted by molar-refractivity contribution is -0.139. The van der Waals surface area contributed by atoms with Gasteiger partial charge in [0, 0.05) is 18.7 Å². The van der Waals surface area contributed by atoms with Gasteiger partial charge in [0.1, 0.15) is 6.04 Å². The Morgan fingerprint density at radius 2 is 1.83 bits per heavy atom. The number of nitrogens with zero attached hydrogens (tertiary/aromatic N) is 1. The van der Waals surface area contributed by atoms with Gasteiger partial charge in [-0.3, -0.25) is 4.79 Å². The first kappa shape index (κ1) is 34.1. The molecular weight excluding hydrogens is 571 g/mol. The van der Waals surface area contributed by atoms with Gasteiger partial charge in [0.25, 0.3) is 5.91 Å². The molecule has 0 spiro atoms. The Kier molecular flexibility index (Phi) is 13.8. The average Bonchev–Trinajstić information content (AvgIpc) is 2.97. The first-order chi connectivity index (χ1) is 20.2. The van der Waals surface area contributed by atoms with Crippen LogP contribution < -0.4 is 10.6 Å². The molecule has 0 aliphatic heterocycles. The third-order valence-electron chi connectivity index (χ3n) is 8.07. The zero-order valence-electron chi connectivity index (χ0n) is 25.2. The van der Waals surface area contributed by atoms with E-state index in [9.17, 15) is 23.1 Å². The molecule has 10 heteroatoms. The van der Waals surface area contributed by atoms with E-state index in [1.54, 1.807) is 16.4 Å². The molecule has 1 amide bonds. The van der Waals surface area contributed by atoms with E-state index in [0.717, 1.165) is 36.0 Å². The second-order valence-corrected chi connectivity index (χ2v) is 14.3. The van der Waals surface area contributed by atoms with Crippen LogP contribution in [-0.4, -0.2) is 73.6 Å². The number of hydrogen-bond acceptors (Lipinski definition) is 6. The SMILES string of the molecule is CNCCCS(=O)(=O)N(CCC1CCCCC1)Cc1ccc(C(=O)NC(CCSC)C(=O)O)c(-c2ccccc2C)c1. The van der Waals surface area contributed by atoms with Gasteiger partial charge in [-0.2, -0.15) is 16.1 Å². The van der Waals surface area contributed by atoms with Gasteiger partial charge < -0.3 is 15.7 Å². The van der Waals surface area contributed by atoms with Crippen molar-refractivity contribution >= 4 is 33.7 Å². The van der Waals surface area contributed by atoms with Gasteiger partial charge in [-0.05, 0) is 92.1 Å². The van der Waals surface area contributed by atoms with Gasteiger partial charge in [0.15, 0.2) is 0 Å². The fraction of sp³-hybridized carbons (Fsp3) is 0.562. The first-order valence-electron chi connectivity index (χ1n) is 15.0. The Labute approximate surface area is 256 Å². The molecule has 1 atom stereocenters. The van der Waals surface area contributed by atoms with E-state index in [0.29, 0.717) is 48.7 Å². The molecular formula is C32H47N3O5S2. The van der Waals surface area contributed by atoms with Crippen LogP contribution in [0.4, 0.5) is 0 Å². The molecule has 232 valence electrons. The third-order valence-corrected chi connectivity index (χ3v) is 10.6. The molecule has 1 fully saturated rings. The molecule has 3 rings (SSSR count). The highest BCUT2D eigenvalue weighted by molar-refractivity contribution is 7.98. The normalized spacial score (nSPS) is 15.0. The van der Waals surface area contributed by atoms with E-state index >= 15 is 0 Å². The largest absolute Gasteiger partial charge is 0.480 e. The highest BCUT2D eigenvalue weighted by Gasteiger charge is 2.26. The molecule has 0 saturated heterocycles. The maximum absolute atomic E-state index is 13.5. The summed E-state index contributed by atoms with van der Waals surface area (Å²) in [6.07, 6.45) is 9.60. The molecule has 1 saturated carbocycles. The van der Waals surface area contributed by atoms with Gasteiger partial charge in [0.2, 0.25) is 10.0 Å². The number of benzene rings is 2. The molecule has 0 radical (unpaired) electrons. The van der Waals surface area contributed by atoms with E-state index in [-0.39, 0.29) is 12.3 Å². The number of amides is 1. The molecule has 0 heterocycles. The molecule has 0 aromatic heterocycles. The number of aryl methyl sites for hydroxylation is 1. The summed E-state index contributed by atoms with van der Waals surface area (Å²) in [6, 6.07) is 12.1. The van der Waals surface area contributed by atoms with Gasteiger partial charge in [-0.25, -0.2) is 13.2 Å². The summed E-state index contributed by atoms with van der Waals surface area (Å²) >= 11 is 1.53. The van der Waals surface area contributed by atoms with Crippen LogP contribution in [-0.2, 0) is 21.4 Å². The van der Waals surface area contributed by atoms with Crippen molar-refractivity contribution in [3.05, 3.63) is 59.2 Å². The smallest absolute Gasteiger partial charge is 0.326 e. The zero-order valence-corrected chi connectivity index (χ0v) is 26.9. The Morgan fingerprint density at radius 3 is 2.50 bits per heavy atom. The fourth-order valence-electron chi connectivity index (χ4n) is 5.60. The van der Waals surface area contributed by atoms with E-state index in [1.807, 2.05) is 50.6 Å². The van der Waals surface area contributed by atoms with Crippen molar-refractivity contribution in [1.82, 2.24) is 14.9 Å². The summed E-state index contributed by atoms with van der Waals surface area (Å²) in [5.74, 6) is -0.280. The molecule has 42 heavy (non-hydrogen) atoms. The summed E-state index contributed by atoms with van der Waals surface area (Å²) in [5.41, 5.74) is 3.65. The van der Waals surface area contributed by atoms with E-state index in [1.165, 1.54) is 31.0 Å². The molecule has 8 nitrogen and oxygen atoms in total. The minimum Gasteiger partial charge on any atom is -0.480 e. The van der Waals surface area contributed by atoms with Crippen LogP contribution in [0.15, 0.2) is 42.5 Å². The number of nitrogens with one attached hydrogen (secondary N) is 2. The monoisotopic (exact) mass is 617 g/mol.